The molecule has 0 bridgehead atoms. The van der Waals surface area contributed by atoms with Gasteiger partial charge in [0, 0.05) is 5.02 Å². The molecule has 2 aromatic carbocycles. The van der Waals surface area contributed by atoms with E-state index in [2.05, 4.69) is 15.4 Å². The van der Waals surface area contributed by atoms with E-state index in [1.807, 2.05) is 18.2 Å². The van der Waals surface area contributed by atoms with Crippen molar-refractivity contribution in [3.8, 4) is 17.2 Å². The lowest BCUT2D eigenvalue weighted by Gasteiger charge is -2.24. The summed E-state index contributed by atoms with van der Waals surface area (Å²) in [5, 5.41) is 7.58. The fourth-order valence-electron chi connectivity index (χ4n) is 3.12. The molecule has 0 saturated carbocycles. The van der Waals surface area contributed by atoms with E-state index < -0.39 is 0 Å². The molecule has 0 saturated heterocycles. The van der Waals surface area contributed by atoms with Gasteiger partial charge in [-0.25, -0.2) is 4.68 Å². The first-order valence-electron chi connectivity index (χ1n) is 9.02. The Labute approximate surface area is 172 Å². The molecule has 0 aliphatic carbocycles. The Bertz CT molecular complexity index is 1010. The summed E-state index contributed by atoms with van der Waals surface area (Å²) in [5.74, 6) is 2.22. The van der Waals surface area contributed by atoms with Gasteiger partial charge in [0.1, 0.15) is 25.3 Å². The summed E-state index contributed by atoms with van der Waals surface area (Å²) in [4.78, 5) is 16.0. The van der Waals surface area contributed by atoms with Crippen LogP contribution in [0.3, 0.4) is 0 Å². The lowest BCUT2D eigenvalue weighted by molar-refractivity contribution is -0.117. The standard InChI is InChI=1S/C20H19ClN4O4/c1-27-18-10-13(16-11-19(26)24-20-22-12-23-25(16)20)2-7-17(18)29-9-8-28-15-5-3-14(21)4-6-15/h2-7,10,12,16H,8-9,11H2,1H3,(H,22,23,24,26)/t16-/m1/s1. The van der Waals surface area contributed by atoms with Crippen LogP contribution in [0, 0.1) is 0 Å². The minimum Gasteiger partial charge on any atom is -0.493 e. The van der Waals surface area contributed by atoms with Gasteiger partial charge in [-0.1, -0.05) is 17.7 Å². The van der Waals surface area contributed by atoms with E-state index in [0.717, 1.165) is 11.3 Å². The summed E-state index contributed by atoms with van der Waals surface area (Å²) in [6.07, 6.45) is 1.69. The lowest BCUT2D eigenvalue weighted by Crippen LogP contribution is -2.29. The molecule has 29 heavy (non-hydrogen) atoms. The van der Waals surface area contributed by atoms with Crippen molar-refractivity contribution in [1.82, 2.24) is 14.8 Å². The van der Waals surface area contributed by atoms with Crippen LogP contribution in [-0.4, -0.2) is 41.0 Å². The van der Waals surface area contributed by atoms with Crippen LogP contribution in [0.2, 0.25) is 5.02 Å². The summed E-state index contributed by atoms with van der Waals surface area (Å²) < 4.78 is 18.6. The van der Waals surface area contributed by atoms with Gasteiger partial charge in [-0.05, 0) is 42.0 Å². The number of benzene rings is 2. The van der Waals surface area contributed by atoms with Crippen molar-refractivity contribution in [1.29, 1.82) is 0 Å². The Morgan fingerprint density at radius 2 is 1.93 bits per heavy atom. The van der Waals surface area contributed by atoms with E-state index >= 15 is 0 Å². The number of halogens is 1. The number of nitrogens with zero attached hydrogens (tertiary/aromatic N) is 3. The lowest BCUT2D eigenvalue weighted by atomic mass is 10.0. The molecule has 1 aromatic heterocycles. The molecule has 1 aliphatic heterocycles. The monoisotopic (exact) mass is 414 g/mol. The summed E-state index contributed by atoms with van der Waals surface area (Å²) in [5.41, 5.74) is 0.883. The molecule has 0 radical (unpaired) electrons. The third kappa shape index (κ3) is 4.27. The Morgan fingerprint density at radius 1 is 1.14 bits per heavy atom. The molecule has 0 unspecified atom stereocenters. The first kappa shape index (κ1) is 19.1. The topological polar surface area (TPSA) is 87.5 Å². The van der Waals surface area contributed by atoms with Crippen LogP contribution in [0.5, 0.6) is 17.2 Å². The van der Waals surface area contributed by atoms with E-state index in [-0.39, 0.29) is 18.4 Å². The highest BCUT2D eigenvalue weighted by Crippen LogP contribution is 2.34. The SMILES string of the molecule is COc1cc([C@H]2CC(=O)Nc3ncnn32)ccc1OCCOc1ccc(Cl)cc1. The summed E-state index contributed by atoms with van der Waals surface area (Å²) in [6, 6.07) is 12.5. The van der Waals surface area contributed by atoms with Gasteiger partial charge in [-0.15, -0.1) is 0 Å². The van der Waals surface area contributed by atoms with E-state index in [0.29, 0.717) is 35.7 Å². The van der Waals surface area contributed by atoms with Crippen molar-refractivity contribution in [2.75, 3.05) is 25.6 Å². The fraction of sp³-hybridized carbons (Fsp3) is 0.250. The number of rotatable bonds is 7. The van der Waals surface area contributed by atoms with Crippen LogP contribution >= 0.6 is 11.6 Å². The highest BCUT2D eigenvalue weighted by Gasteiger charge is 2.28. The number of anilines is 1. The van der Waals surface area contributed by atoms with Crippen LogP contribution in [0.4, 0.5) is 5.95 Å². The molecule has 1 atom stereocenters. The van der Waals surface area contributed by atoms with E-state index in [9.17, 15) is 4.79 Å². The van der Waals surface area contributed by atoms with Gasteiger partial charge in [-0.3, -0.25) is 10.1 Å². The van der Waals surface area contributed by atoms with Crippen molar-refractivity contribution < 1.29 is 19.0 Å². The second-order valence-electron chi connectivity index (χ2n) is 6.36. The van der Waals surface area contributed by atoms with Gasteiger partial charge in [0.2, 0.25) is 11.9 Å². The number of fused-ring (bicyclic) bond motifs is 1. The van der Waals surface area contributed by atoms with Gasteiger partial charge >= 0.3 is 0 Å². The molecule has 4 rings (SSSR count). The quantitative estimate of drug-likeness (QED) is 0.597. The summed E-state index contributed by atoms with van der Waals surface area (Å²) in [6.45, 7) is 0.717. The Balaban J connectivity index is 1.42. The van der Waals surface area contributed by atoms with Gasteiger partial charge in [-0.2, -0.15) is 10.1 Å². The van der Waals surface area contributed by atoms with Crippen LogP contribution in [0.25, 0.3) is 0 Å². The van der Waals surface area contributed by atoms with Gasteiger partial charge < -0.3 is 14.2 Å². The molecule has 0 spiro atoms. The van der Waals surface area contributed by atoms with Crippen LogP contribution in [0.15, 0.2) is 48.8 Å². The maximum Gasteiger partial charge on any atom is 0.229 e. The zero-order chi connectivity index (χ0) is 20.2. The largest absolute Gasteiger partial charge is 0.493 e. The number of methoxy groups -OCH3 is 1. The number of amides is 1. The zero-order valence-corrected chi connectivity index (χ0v) is 16.4. The number of ether oxygens (including phenoxy) is 3. The molecule has 150 valence electrons. The van der Waals surface area contributed by atoms with Crippen LogP contribution in [0.1, 0.15) is 18.0 Å². The molecule has 8 nitrogen and oxygen atoms in total. The van der Waals surface area contributed by atoms with Crippen molar-refractivity contribution in [2.24, 2.45) is 0 Å². The number of carbonyl (C=O) groups is 1. The Hall–Kier alpha value is -3.26. The normalized spacial score (nSPS) is 15.4. The van der Waals surface area contributed by atoms with Crippen LogP contribution < -0.4 is 19.5 Å². The van der Waals surface area contributed by atoms with Crippen LogP contribution in [-0.2, 0) is 4.79 Å². The molecular formula is C20H19ClN4O4. The Kier molecular flexibility index (Phi) is 5.53. The average Bonchev–Trinajstić information content (AvgIpc) is 3.20. The average molecular weight is 415 g/mol. The molecule has 0 fully saturated rings. The van der Waals surface area contributed by atoms with Crippen molar-refractivity contribution in [3.05, 3.63) is 59.4 Å². The maximum absolute atomic E-state index is 12.0. The van der Waals surface area contributed by atoms with Crippen molar-refractivity contribution >= 4 is 23.5 Å². The molecule has 1 amide bonds. The first-order valence-corrected chi connectivity index (χ1v) is 9.40. The maximum atomic E-state index is 12.0. The van der Waals surface area contributed by atoms with Gasteiger partial charge in [0.05, 0.1) is 19.6 Å². The Morgan fingerprint density at radius 3 is 2.72 bits per heavy atom. The number of aromatic nitrogens is 3. The van der Waals surface area contributed by atoms with E-state index in [4.69, 9.17) is 25.8 Å². The minimum absolute atomic E-state index is 0.103. The summed E-state index contributed by atoms with van der Waals surface area (Å²) in [7, 11) is 1.57. The highest BCUT2D eigenvalue weighted by atomic mass is 35.5. The third-order valence-corrected chi connectivity index (χ3v) is 4.75. The molecule has 3 aromatic rings. The number of hydrogen-bond acceptors (Lipinski definition) is 6. The molecular weight excluding hydrogens is 396 g/mol. The van der Waals surface area contributed by atoms with E-state index in [1.165, 1.54) is 6.33 Å². The van der Waals surface area contributed by atoms with Crippen molar-refractivity contribution in [2.45, 2.75) is 12.5 Å². The first-order chi connectivity index (χ1) is 14.1. The predicted molar refractivity (Wildman–Crippen MR) is 107 cm³/mol. The minimum atomic E-state index is -0.252. The smallest absolute Gasteiger partial charge is 0.229 e. The molecule has 1 N–H and O–H groups in total. The van der Waals surface area contributed by atoms with Gasteiger partial charge in [0.15, 0.2) is 11.5 Å². The fourth-order valence-corrected chi connectivity index (χ4v) is 3.24. The number of hydrogen-bond donors (Lipinski definition) is 1. The predicted octanol–water partition coefficient (Wildman–Crippen LogP) is 3.33. The third-order valence-electron chi connectivity index (χ3n) is 4.49. The number of carbonyl (C=O) groups excluding carboxylic acids is 1. The second-order valence-corrected chi connectivity index (χ2v) is 6.79. The van der Waals surface area contributed by atoms with E-state index in [1.54, 1.807) is 36.1 Å². The van der Waals surface area contributed by atoms with Gasteiger partial charge in [0.25, 0.3) is 0 Å². The zero-order valence-electron chi connectivity index (χ0n) is 15.7. The molecule has 1 aliphatic rings. The molecule has 2 heterocycles. The van der Waals surface area contributed by atoms with Crippen molar-refractivity contribution in [3.63, 3.8) is 0 Å². The molecule has 9 heteroatoms. The highest BCUT2D eigenvalue weighted by molar-refractivity contribution is 6.30. The summed E-state index contributed by atoms with van der Waals surface area (Å²) >= 11 is 5.86. The second kappa shape index (κ2) is 8.40. The number of nitrogens with one attached hydrogen (secondary N) is 1.